The smallest absolute Gasteiger partial charge is 0.230 e. The van der Waals surface area contributed by atoms with Crippen LogP contribution in [0, 0.1) is 13.8 Å². The minimum atomic E-state index is -0.000511. The summed E-state index contributed by atoms with van der Waals surface area (Å²) in [6.45, 7) is 8.22. The fourth-order valence-corrected chi connectivity index (χ4v) is 3.46. The lowest BCUT2D eigenvalue weighted by molar-refractivity contribution is -0.119. The van der Waals surface area contributed by atoms with Gasteiger partial charge in [-0.1, -0.05) is 24.8 Å². The Hall–Kier alpha value is -2.67. The number of amides is 1. The second-order valence-corrected chi connectivity index (χ2v) is 7.75. The SMILES string of the molecule is CC[C@@H](C)NC(=O)CSc1nnc(-c2ccncc2)n1-c1ccc(C)c(C)c1. The largest absolute Gasteiger partial charge is 0.353 e. The van der Waals surface area contributed by atoms with Gasteiger partial charge in [-0.15, -0.1) is 10.2 Å². The normalized spacial score (nSPS) is 12.0. The Bertz CT molecular complexity index is 955. The molecule has 0 saturated heterocycles. The van der Waals surface area contributed by atoms with Gasteiger partial charge in [0.1, 0.15) is 0 Å². The number of pyridine rings is 1. The second-order valence-electron chi connectivity index (χ2n) is 6.81. The number of benzene rings is 1. The number of hydrogen-bond donors (Lipinski definition) is 1. The van der Waals surface area contributed by atoms with Gasteiger partial charge in [0.2, 0.25) is 5.91 Å². The molecule has 1 aromatic carbocycles. The Morgan fingerprint density at radius 3 is 2.57 bits per heavy atom. The zero-order valence-corrected chi connectivity index (χ0v) is 17.5. The van der Waals surface area contributed by atoms with Crippen molar-refractivity contribution in [3.05, 3.63) is 53.9 Å². The van der Waals surface area contributed by atoms with E-state index in [9.17, 15) is 4.79 Å². The summed E-state index contributed by atoms with van der Waals surface area (Å²) in [5.74, 6) is 1.03. The van der Waals surface area contributed by atoms with Crippen LogP contribution in [0.5, 0.6) is 0 Å². The van der Waals surface area contributed by atoms with Crippen LogP contribution in [-0.2, 0) is 4.79 Å². The van der Waals surface area contributed by atoms with Crippen molar-refractivity contribution in [2.75, 3.05) is 5.75 Å². The Morgan fingerprint density at radius 2 is 1.89 bits per heavy atom. The number of nitrogens with one attached hydrogen (secondary N) is 1. The summed E-state index contributed by atoms with van der Waals surface area (Å²) in [6.07, 6.45) is 4.38. The van der Waals surface area contributed by atoms with Crippen molar-refractivity contribution >= 4 is 17.7 Å². The molecule has 0 saturated carbocycles. The summed E-state index contributed by atoms with van der Waals surface area (Å²) in [6, 6.07) is 10.2. The molecule has 2 aromatic heterocycles. The molecule has 2 heterocycles. The molecule has 3 rings (SSSR count). The number of aromatic nitrogens is 4. The maximum absolute atomic E-state index is 12.2. The summed E-state index contributed by atoms with van der Waals surface area (Å²) < 4.78 is 2.00. The van der Waals surface area contributed by atoms with Crippen LogP contribution in [0.25, 0.3) is 17.1 Å². The average molecular weight is 396 g/mol. The molecule has 3 aromatic rings. The van der Waals surface area contributed by atoms with Crippen LogP contribution < -0.4 is 5.32 Å². The molecule has 0 unspecified atom stereocenters. The van der Waals surface area contributed by atoms with Gasteiger partial charge in [0.15, 0.2) is 11.0 Å². The third-order valence-corrected chi connectivity index (χ3v) is 5.60. The van der Waals surface area contributed by atoms with E-state index in [0.717, 1.165) is 23.5 Å². The van der Waals surface area contributed by atoms with Crippen LogP contribution in [0.15, 0.2) is 47.9 Å². The monoisotopic (exact) mass is 395 g/mol. The maximum Gasteiger partial charge on any atom is 0.230 e. The van der Waals surface area contributed by atoms with Crippen LogP contribution in [0.1, 0.15) is 31.4 Å². The molecule has 0 aliphatic heterocycles. The standard InChI is InChI=1S/C21H25N5OS/c1-5-16(4)23-19(27)13-28-21-25-24-20(17-8-10-22-11-9-17)26(21)18-7-6-14(2)15(3)12-18/h6-12,16H,5,13H2,1-4H3,(H,23,27)/t16-/m1/s1. The Balaban J connectivity index is 1.95. The van der Waals surface area contributed by atoms with E-state index >= 15 is 0 Å². The van der Waals surface area contributed by atoms with Gasteiger partial charge in [-0.2, -0.15) is 0 Å². The van der Waals surface area contributed by atoms with Gasteiger partial charge in [0.05, 0.1) is 11.4 Å². The van der Waals surface area contributed by atoms with Gasteiger partial charge in [0, 0.05) is 24.0 Å². The predicted molar refractivity (Wildman–Crippen MR) is 113 cm³/mol. The lowest BCUT2D eigenvalue weighted by atomic mass is 10.1. The molecule has 28 heavy (non-hydrogen) atoms. The van der Waals surface area contributed by atoms with Crippen LogP contribution in [0.3, 0.4) is 0 Å². The van der Waals surface area contributed by atoms with Crippen LogP contribution in [0.2, 0.25) is 0 Å². The van der Waals surface area contributed by atoms with Crippen molar-refractivity contribution in [2.24, 2.45) is 0 Å². The summed E-state index contributed by atoms with van der Waals surface area (Å²) >= 11 is 1.39. The first-order valence-electron chi connectivity index (χ1n) is 9.35. The molecule has 0 aliphatic rings. The number of nitrogens with zero attached hydrogens (tertiary/aromatic N) is 4. The molecule has 0 radical (unpaired) electrons. The Kier molecular flexibility index (Phi) is 6.46. The van der Waals surface area contributed by atoms with E-state index in [2.05, 4.69) is 59.5 Å². The van der Waals surface area contributed by atoms with Crippen molar-refractivity contribution in [3.8, 4) is 17.1 Å². The lowest BCUT2D eigenvalue weighted by Crippen LogP contribution is -2.33. The van der Waals surface area contributed by atoms with E-state index in [0.29, 0.717) is 10.9 Å². The molecule has 0 bridgehead atoms. The summed E-state index contributed by atoms with van der Waals surface area (Å²) in [4.78, 5) is 16.3. The summed E-state index contributed by atoms with van der Waals surface area (Å²) in [5, 5.41) is 12.4. The number of carbonyl (C=O) groups excluding carboxylic acids is 1. The number of hydrogen-bond acceptors (Lipinski definition) is 5. The highest BCUT2D eigenvalue weighted by atomic mass is 32.2. The highest BCUT2D eigenvalue weighted by Gasteiger charge is 2.18. The quantitative estimate of drug-likeness (QED) is 0.613. The van der Waals surface area contributed by atoms with Crippen molar-refractivity contribution in [1.29, 1.82) is 0 Å². The lowest BCUT2D eigenvalue weighted by Gasteiger charge is -2.13. The van der Waals surface area contributed by atoms with E-state index in [4.69, 9.17) is 0 Å². The molecule has 6 nitrogen and oxygen atoms in total. The molecular weight excluding hydrogens is 370 g/mol. The highest BCUT2D eigenvalue weighted by Crippen LogP contribution is 2.28. The zero-order chi connectivity index (χ0) is 20.1. The number of carbonyl (C=O) groups is 1. The molecule has 1 amide bonds. The zero-order valence-electron chi connectivity index (χ0n) is 16.6. The molecular formula is C21H25N5OS. The fourth-order valence-electron chi connectivity index (χ4n) is 2.70. The second kappa shape index (κ2) is 9.01. The van der Waals surface area contributed by atoms with Crippen LogP contribution >= 0.6 is 11.8 Å². The highest BCUT2D eigenvalue weighted by molar-refractivity contribution is 7.99. The van der Waals surface area contributed by atoms with Gasteiger partial charge in [-0.3, -0.25) is 14.3 Å². The Labute approximate surface area is 169 Å². The predicted octanol–water partition coefficient (Wildman–Crippen LogP) is 3.95. The van der Waals surface area contributed by atoms with Crippen molar-refractivity contribution in [1.82, 2.24) is 25.1 Å². The molecule has 146 valence electrons. The van der Waals surface area contributed by atoms with E-state index in [1.807, 2.05) is 23.6 Å². The van der Waals surface area contributed by atoms with Crippen molar-refractivity contribution in [2.45, 2.75) is 45.3 Å². The van der Waals surface area contributed by atoms with Crippen LogP contribution in [0.4, 0.5) is 0 Å². The molecule has 0 fully saturated rings. The third-order valence-electron chi connectivity index (χ3n) is 4.67. The van der Waals surface area contributed by atoms with Crippen molar-refractivity contribution < 1.29 is 4.79 Å². The number of aryl methyl sites for hydroxylation is 2. The molecule has 7 heteroatoms. The van der Waals surface area contributed by atoms with Crippen LogP contribution in [-0.4, -0.2) is 37.5 Å². The van der Waals surface area contributed by atoms with Gasteiger partial charge in [0.25, 0.3) is 0 Å². The third kappa shape index (κ3) is 4.59. The minimum absolute atomic E-state index is 0.000511. The first-order chi connectivity index (χ1) is 13.5. The topological polar surface area (TPSA) is 72.7 Å². The van der Waals surface area contributed by atoms with E-state index in [1.54, 1.807) is 12.4 Å². The van der Waals surface area contributed by atoms with E-state index in [-0.39, 0.29) is 11.9 Å². The number of rotatable bonds is 7. The molecule has 1 N–H and O–H groups in total. The van der Waals surface area contributed by atoms with Gasteiger partial charge < -0.3 is 5.32 Å². The van der Waals surface area contributed by atoms with E-state index in [1.165, 1.54) is 22.9 Å². The van der Waals surface area contributed by atoms with Gasteiger partial charge in [-0.05, 0) is 62.6 Å². The van der Waals surface area contributed by atoms with Crippen molar-refractivity contribution in [3.63, 3.8) is 0 Å². The molecule has 1 atom stereocenters. The Morgan fingerprint density at radius 1 is 1.14 bits per heavy atom. The average Bonchev–Trinajstić information content (AvgIpc) is 3.13. The summed E-state index contributed by atoms with van der Waals surface area (Å²) in [7, 11) is 0. The van der Waals surface area contributed by atoms with E-state index < -0.39 is 0 Å². The first-order valence-corrected chi connectivity index (χ1v) is 10.3. The minimum Gasteiger partial charge on any atom is -0.353 e. The maximum atomic E-state index is 12.2. The molecule has 0 spiro atoms. The summed E-state index contributed by atoms with van der Waals surface area (Å²) in [5.41, 5.74) is 4.32. The first kappa shape index (κ1) is 20.1. The van der Waals surface area contributed by atoms with Gasteiger partial charge in [-0.25, -0.2) is 0 Å². The fraction of sp³-hybridized carbons (Fsp3) is 0.333. The van der Waals surface area contributed by atoms with Gasteiger partial charge >= 0.3 is 0 Å². The molecule has 0 aliphatic carbocycles. The number of thioether (sulfide) groups is 1.